The summed E-state index contributed by atoms with van der Waals surface area (Å²) in [6.45, 7) is 14.4. The highest BCUT2D eigenvalue weighted by atomic mass is 16.2. The van der Waals surface area contributed by atoms with E-state index in [9.17, 15) is 4.79 Å². The highest BCUT2D eigenvalue weighted by Crippen LogP contribution is 2.21. The van der Waals surface area contributed by atoms with Crippen LogP contribution in [0, 0.1) is 5.41 Å². The first kappa shape index (κ1) is 14.5. The van der Waals surface area contributed by atoms with Crippen molar-refractivity contribution < 1.29 is 4.79 Å². The van der Waals surface area contributed by atoms with Crippen molar-refractivity contribution in [1.82, 2.24) is 10.2 Å². The fraction of sp³-hybridized carbons (Fsp3) is 0.929. The minimum Gasteiger partial charge on any atom is -0.342 e. The average Bonchev–Trinajstić information content (AvgIpc) is 2.14. The summed E-state index contributed by atoms with van der Waals surface area (Å²) in [5, 5.41) is 3.62. The number of carbonyl (C=O) groups is 1. The molecular formula is C14H28N2O. The standard InChI is InChI=1S/C14H28N2O/c1-13(2,3)12(17)16-9-7-11(8-10-16)15-14(4,5)6/h11,15H,7-10H2,1-6H3. The fourth-order valence-electron chi connectivity index (χ4n) is 2.31. The molecule has 1 heterocycles. The van der Waals surface area contributed by atoms with Crippen LogP contribution in [0.2, 0.25) is 0 Å². The highest BCUT2D eigenvalue weighted by molar-refractivity contribution is 5.81. The zero-order valence-corrected chi connectivity index (χ0v) is 12.3. The van der Waals surface area contributed by atoms with E-state index in [1.165, 1.54) is 0 Å². The number of likely N-dealkylation sites (tertiary alicyclic amines) is 1. The molecule has 0 aliphatic carbocycles. The van der Waals surface area contributed by atoms with Gasteiger partial charge in [-0.25, -0.2) is 0 Å². The van der Waals surface area contributed by atoms with Crippen LogP contribution in [-0.2, 0) is 4.79 Å². The molecule has 3 heteroatoms. The molecule has 17 heavy (non-hydrogen) atoms. The maximum Gasteiger partial charge on any atom is 0.227 e. The predicted octanol–water partition coefficient (Wildman–Crippen LogP) is 2.41. The van der Waals surface area contributed by atoms with Crippen LogP contribution >= 0.6 is 0 Å². The van der Waals surface area contributed by atoms with Crippen molar-refractivity contribution in [3.8, 4) is 0 Å². The Hall–Kier alpha value is -0.570. The van der Waals surface area contributed by atoms with E-state index in [4.69, 9.17) is 0 Å². The molecule has 0 unspecified atom stereocenters. The summed E-state index contributed by atoms with van der Waals surface area (Å²) < 4.78 is 0. The van der Waals surface area contributed by atoms with E-state index in [0.717, 1.165) is 25.9 Å². The van der Waals surface area contributed by atoms with Gasteiger partial charge >= 0.3 is 0 Å². The second kappa shape index (κ2) is 4.97. The maximum absolute atomic E-state index is 12.1. The lowest BCUT2D eigenvalue weighted by Crippen LogP contribution is -2.52. The fourth-order valence-corrected chi connectivity index (χ4v) is 2.31. The van der Waals surface area contributed by atoms with E-state index in [-0.39, 0.29) is 16.9 Å². The average molecular weight is 240 g/mol. The van der Waals surface area contributed by atoms with Gasteiger partial charge in [-0.1, -0.05) is 20.8 Å². The van der Waals surface area contributed by atoms with Gasteiger partial charge in [-0.3, -0.25) is 4.79 Å². The van der Waals surface area contributed by atoms with E-state index in [2.05, 4.69) is 26.1 Å². The molecule has 0 atom stereocenters. The summed E-state index contributed by atoms with van der Waals surface area (Å²) in [5.41, 5.74) is -0.0782. The van der Waals surface area contributed by atoms with E-state index in [0.29, 0.717) is 6.04 Å². The number of nitrogens with one attached hydrogen (secondary N) is 1. The van der Waals surface area contributed by atoms with Gasteiger partial charge in [0.2, 0.25) is 5.91 Å². The van der Waals surface area contributed by atoms with Gasteiger partial charge in [0.05, 0.1) is 0 Å². The number of carbonyl (C=O) groups excluding carboxylic acids is 1. The van der Waals surface area contributed by atoms with Crippen LogP contribution in [0.1, 0.15) is 54.4 Å². The monoisotopic (exact) mass is 240 g/mol. The van der Waals surface area contributed by atoms with Crippen molar-refractivity contribution in [2.75, 3.05) is 13.1 Å². The lowest BCUT2D eigenvalue weighted by Gasteiger charge is -2.38. The number of amides is 1. The maximum atomic E-state index is 12.1. The van der Waals surface area contributed by atoms with Crippen LogP contribution in [0.5, 0.6) is 0 Å². The molecule has 0 bridgehead atoms. The quantitative estimate of drug-likeness (QED) is 0.763. The van der Waals surface area contributed by atoms with E-state index in [1.807, 2.05) is 25.7 Å². The Morgan fingerprint density at radius 3 is 1.88 bits per heavy atom. The molecule has 0 aromatic heterocycles. The third-order valence-corrected chi connectivity index (χ3v) is 3.06. The van der Waals surface area contributed by atoms with Crippen LogP contribution in [0.4, 0.5) is 0 Å². The molecular weight excluding hydrogens is 212 g/mol. The van der Waals surface area contributed by atoms with Gasteiger partial charge in [0.1, 0.15) is 0 Å². The molecule has 1 N–H and O–H groups in total. The molecule has 0 aromatic carbocycles. The molecule has 0 spiro atoms. The molecule has 1 amide bonds. The van der Waals surface area contributed by atoms with Crippen molar-refractivity contribution in [2.45, 2.75) is 66.0 Å². The Labute approximate surface area is 106 Å². The smallest absolute Gasteiger partial charge is 0.227 e. The summed E-state index contributed by atoms with van der Waals surface area (Å²) in [6.07, 6.45) is 2.14. The number of hydrogen-bond acceptors (Lipinski definition) is 2. The molecule has 1 aliphatic heterocycles. The predicted molar refractivity (Wildman–Crippen MR) is 71.9 cm³/mol. The van der Waals surface area contributed by atoms with Gasteiger partial charge < -0.3 is 10.2 Å². The molecule has 1 fully saturated rings. The minimum absolute atomic E-state index is 0.168. The lowest BCUT2D eigenvalue weighted by molar-refractivity contribution is -0.140. The van der Waals surface area contributed by atoms with Crippen molar-refractivity contribution in [2.24, 2.45) is 5.41 Å². The van der Waals surface area contributed by atoms with Crippen LogP contribution in [0.15, 0.2) is 0 Å². The van der Waals surface area contributed by atoms with Crippen LogP contribution < -0.4 is 5.32 Å². The summed E-state index contributed by atoms with van der Waals surface area (Å²) in [6, 6.07) is 0.555. The first-order valence-electron chi connectivity index (χ1n) is 6.67. The number of rotatable bonds is 1. The summed E-state index contributed by atoms with van der Waals surface area (Å²) in [5.74, 6) is 0.284. The van der Waals surface area contributed by atoms with Gasteiger partial charge in [0.25, 0.3) is 0 Å². The minimum atomic E-state index is -0.246. The summed E-state index contributed by atoms with van der Waals surface area (Å²) in [4.78, 5) is 14.1. The van der Waals surface area contributed by atoms with E-state index < -0.39 is 0 Å². The second-order valence-corrected chi connectivity index (χ2v) is 7.21. The molecule has 3 nitrogen and oxygen atoms in total. The van der Waals surface area contributed by atoms with E-state index in [1.54, 1.807) is 0 Å². The van der Waals surface area contributed by atoms with Crippen molar-refractivity contribution in [3.63, 3.8) is 0 Å². The van der Waals surface area contributed by atoms with E-state index >= 15 is 0 Å². The number of piperidine rings is 1. The zero-order valence-electron chi connectivity index (χ0n) is 12.3. The SMILES string of the molecule is CC(C)(C)NC1CCN(C(=O)C(C)(C)C)CC1. The Morgan fingerprint density at radius 1 is 1.06 bits per heavy atom. The van der Waals surface area contributed by atoms with Gasteiger partial charge in [0, 0.05) is 30.1 Å². The van der Waals surface area contributed by atoms with Gasteiger partial charge in [-0.2, -0.15) is 0 Å². The van der Waals surface area contributed by atoms with Crippen LogP contribution in [0.3, 0.4) is 0 Å². The molecule has 0 radical (unpaired) electrons. The first-order chi connectivity index (χ1) is 7.59. The van der Waals surface area contributed by atoms with Crippen LogP contribution in [-0.4, -0.2) is 35.5 Å². The topological polar surface area (TPSA) is 32.3 Å². The van der Waals surface area contributed by atoms with Gasteiger partial charge in [-0.05, 0) is 33.6 Å². The zero-order chi connectivity index (χ0) is 13.3. The molecule has 0 saturated carbocycles. The third-order valence-electron chi connectivity index (χ3n) is 3.06. The highest BCUT2D eigenvalue weighted by Gasteiger charge is 2.31. The molecule has 1 rings (SSSR count). The van der Waals surface area contributed by atoms with Crippen molar-refractivity contribution in [3.05, 3.63) is 0 Å². The Bertz CT molecular complexity index is 265. The second-order valence-electron chi connectivity index (χ2n) is 7.21. The largest absolute Gasteiger partial charge is 0.342 e. The summed E-state index contributed by atoms with van der Waals surface area (Å²) >= 11 is 0. The Kier molecular flexibility index (Phi) is 4.23. The molecule has 0 aromatic rings. The van der Waals surface area contributed by atoms with Gasteiger partial charge in [0.15, 0.2) is 0 Å². The lowest BCUT2D eigenvalue weighted by atomic mass is 9.92. The number of hydrogen-bond donors (Lipinski definition) is 1. The molecule has 100 valence electrons. The first-order valence-corrected chi connectivity index (χ1v) is 6.67. The van der Waals surface area contributed by atoms with Crippen molar-refractivity contribution >= 4 is 5.91 Å². The normalized spacial score (nSPS) is 19.5. The Balaban J connectivity index is 2.44. The van der Waals surface area contributed by atoms with Crippen molar-refractivity contribution in [1.29, 1.82) is 0 Å². The van der Waals surface area contributed by atoms with Crippen LogP contribution in [0.25, 0.3) is 0 Å². The third kappa shape index (κ3) is 4.66. The molecule has 1 saturated heterocycles. The number of nitrogens with zero attached hydrogens (tertiary/aromatic N) is 1. The van der Waals surface area contributed by atoms with Gasteiger partial charge in [-0.15, -0.1) is 0 Å². The summed E-state index contributed by atoms with van der Waals surface area (Å²) in [7, 11) is 0. The molecule has 1 aliphatic rings. The Morgan fingerprint density at radius 2 is 1.53 bits per heavy atom.